The lowest BCUT2D eigenvalue weighted by atomic mass is 10.1. The first-order valence-electron chi connectivity index (χ1n) is 5.75. The molecule has 0 spiro atoms. The van der Waals surface area contributed by atoms with Crippen LogP contribution in [0.15, 0.2) is 18.2 Å². The summed E-state index contributed by atoms with van der Waals surface area (Å²) in [6.45, 7) is 1.71. The van der Waals surface area contributed by atoms with E-state index in [1.54, 1.807) is 13.0 Å². The summed E-state index contributed by atoms with van der Waals surface area (Å²) in [5, 5.41) is 9.51. The second-order valence-corrected chi connectivity index (χ2v) is 4.46. The summed E-state index contributed by atoms with van der Waals surface area (Å²) in [5.41, 5.74) is 0.286. The van der Waals surface area contributed by atoms with Gasteiger partial charge in [0.25, 0.3) is 5.91 Å². The minimum atomic E-state index is -1.04. The molecule has 0 radical (unpaired) electrons. The third-order valence-electron chi connectivity index (χ3n) is 2.85. The predicted octanol–water partition coefficient (Wildman–Crippen LogP) is 2.28. The topological polar surface area (TPSA) is 66.8 Å². The quantitative estimate of drug-likeness (QED) is 0.901. The molecule has 1 unspecified atom stereocenters. The maximum Gasteiger partial charge on any atom is 0.326 e. The summed E-state index contributed by atoms with van der Waals surface area (Å²) < 4.78 is 5.09. The molecule has 0 aromatic heterocycles. The Morgan fingerprint density at radius 2 is 2.11 bits per heavy atom. The number of rotatable bonds is 5. The maximum absolute atomic E-state index is 12.3. The molecule has 1 aromatic carbocycles. The van der Waals surface area contributed by atoms with Gasteiger partial charge >= 0.3 is 5.97 Å². The van der Waals surface area contributed by atoms with Gasteiger partial charge in [0, 0.05) is 12.1 Å². The number of nitrogens with zero attached hydrogens (tertiary/aromatic N) is 1. The zero-order valence-electron chi connectivity index (χ0n) is 11.0. The molecule has 0 aliphatic carbocycles. The Kier molecular flexibility index (Phi) is 5.18. The molecule has 5 nitrogen and oxygen atoms in total. The van der Waals surface area contributed by atoms with Gasteiger partial charge in [0.15, 0.2) is 0 Å². The van der Waals surface area contributed by atoms with Crippen molar-refractivity contribution in [3.8, 4) is 5.75 Å². The van der Waals surface area contributed by atoms with E-state index in [0.29, 0.717) is 17.2 Å². The van der Waals surface area contributed by atoms with Crippen LogP contribution in [0.4, 0.5) is 0 Å². The molecule has 1 atom stereocenters. The van der Waals surface area contributed by atoms with Crippen molar-refractivity contribution in [3.63, 3.8) is 0 Å². The molecule has 0 heterocycles. The Bertz CT molecular complexity index is 490. The standard InChI is InChI=1S/C13H16ClNO4/c1-4-10(13(17)18)15(2)12(16)9-6-5-8(14)7-11(9)19-3/h5-7,10H,4H2,1-3H3,(H,17,18). The summed E-state index contributed by atoms with van der Waals surface area (Å²) in [6.07, 6.45) is 0.327. The second-order valence-electron chi connectivity index (χ2n) is 4.02. The van der Waals surface area contributed by atoms with Crippen LogP contribution in [0.3, 0.4) is 0 Å². The Balaban J connectivity index is 3.09. The summed E-state index contributed by atoms with van der Waals surface area (Å²) in [7, 11) is 2.88. The van der Waals surface area contributed by atoms with Gasteiger partial charge < -0.3 is 14.7 Å². The summed E-state index contributed by atoms with van der Waals surface area (Å²) >= 11 is 5.82. The largest absolute Gasteiger partial charge is 0.496 e. The number of ether oxygens (including phenoxy) is 1. The van der Waals surface area contributed by atoms with Gasteiger partial charge in [0.1, 0.15) is 11.8 Å². The second kappa shape index (κ2) is 6.43. The molecule has 1 rings (SSSR count). The van der Waals surface area contributed by atoms with Crippen LogP contribution >= 0.6 is 11.6 Å². The van der Waals surface area contributed by atoms with Gasteiger partial charge in [-0.3, -0.25) is 4.79 Å². The SMILES string of the molecule is CCC(C(=O)O)N(C)C(=O)c1ccc(Cl)cc1OC. The van der Waals surface area contributed by atoms with Gasteiger partial charge in [-0.05, 0) is 24.6 Å². The van der Waals surface area contributed by atoms with Crippen LogP contribution in [-0.4, -0.2) is 42.1 Å². The van der Waals surface area contributed by atoms with Crippen LogP contribution in [0.25, 0.3) is 0 Å². The number of carboxylic acids is 1. The highest BCUT2D eigenvalue weighted by Crippen LogP contribution is 2.24. The summed E-state index contributed by atoms with van der Waals surface area (Å²) in [4.78, 5) is 24.5. The molecule has 0 aliphatic rings. The van der Waals surface area contributed by atoms with E-state index in [9.17, 15) is 9.59 Å². The first-order chi connectivity index (χ1) is 8.92. The fraction of sp³-hybridized carbons (Fsp3) is 0.385. The highest BCUT2D eigenvalue weighted by molar-refractivity contribution is 6.30. The van der Waals surface area contributed by atoms with E-state index in [2.05, 4.69) is 0 Å². The van der Waals surface area contributed by atoms with Gasteiger partial charge in [-0.1, -0.05) is 18.5 Å². The van der Waals surface area contributed by atoms with Gasteiger partial charge in [-0.2, -0.15) is 0 Å². The van der Waals surface area contributed by atoms with E-state index in [4.69, 9.17) is 21.4 Å². The number of carboxylic acid groups (broad SMARTS) is 1. The summed E-state index contributed by atoms with van der Waals surface area (Å²) in [5.74, 6) is -1.13. The number of carbonyl (C=O) groups excluding carboxylic acids is 1. The van der Waals surface area contributed by atoms with Crippen LogP contribution in [0.2, 0.25) is 5.02 Å². The molecular weight excluding hydrogens is 270 g/mol. The fourth-order valence-corrected chi connectivity index (χ4v) is 1.95. The molecular formula is C13H16ClNO4. The Morgan fingerprint density at radius 1 is 1.47 bits per heavy atom. The normalized spacial score (nSPS) is 11.8. The lowest BCUT2D eigenvalue weighted by Crippen LogP contribution is -2.42. The molecule has 19 heavy (non-hydrogen) atoms. The molecule has 1 N–H and O–H groups in total. The van der Waals surface area contributed by atoms with E-state index < -0.39 is 17.9 Å². The minimum Gasteiger partial charge on any atom is -0.496 e. The lowest BCUT2D eigenvalue weighted by molar-refractivity contribution is -0.142. The Labute approximate surface area is 116 Å². The van der Waals surface area contributed by atoms with Crippen molar-refractivity contribution in [1.29, 1.82) is 0 Å². The molecule has 0 aliphatic heterocycles. The average Bonchev–Trinajstić information content (AvgIpc) is 2.37. The number of methoxy groups -OCH3 is 1. The monoisotopic (exact) mass is 285 g/mol. The number of likely N-dealkylation sites (N-methyl/N-ethyl adjacent to an activating group) is 1. The van der Waals surface area contributed by atoms with E-state index in [1.807, 2.05) is 0 Å². The van der Waals surface area contributed by atoms with Crippen LogP contribution in [0.5, 0.6) is 5.75 Å². The van der Waals surface area contributed by atoms with Gasteiger partial charge in [0.2, 0.25) is 0 Å². The van der Waals surface area contributed by atoms with Crippen LogP contribution in [-0.2, 0) is 4.79 Å². The van der Waals surface area contributed by atoms with E-state index >= 15 is 0 Å². The smallest absolute Gasteiger partial charge is 0.326 e. The van der Waals surface area contributed by atoms with Crippen molar-refractivity contribution in [1.82, 2.24) is 4.90 Å². The molecule has 0 fully saturated rings. The number of halogens is 1. The highest BCUT2D eigenvalue weighted by atomic mass is 35.5. The first kappa shape index (κ1) is 15.3. The number of carbonyl (C=O) groups is 2. The highest BCUT2D eigenvalue weighted by Gasteiger charge is 2.27. The van der Waals surface area contributed by atoms with Crippen LogP contribution in [0, 0.1) is 0 Å². The Morgan fingerprint density at radius 3 is 2.58 bits per heavy atom. The van der Waals surface area contributed by atoms with Crippen molar-refractivity contribution in [2.75, 3.05) is 14.2 Å². The minimum absolute atomic E-state index is 0.286. The Hall–Kier alpha value is -1.75. The number of benzene rings is 1. The average molecular weight is 286 g/mol. The fourth-order valence-electron chi connectivity index (χ4n) is 1.79. The van der Waals surface area contributed by atoms with Crippen LogP contribution in [0.1, 0.15) is 23.7 Å². The summed E-state index contributed by atoms with van der Waals surface area (Å²) in [6, 6.07) is 3.74. The van der Waals surface area contributed by atoms with E-state index in [0.717, 1.165) is 0 Å². The maximum atomic E-state index is 12.3. The zero-order chi connectivity index (χ0) is 14.6. The van der Waals surface area contributed by atoms with Crippen molar-refractivity contribution >= 4 is 23.5 Å². The molecule has 1 aromatic rings. The molecule has 0 bridgehead atoms. The zero-order valence-corrected chi connectivity index (χ0v) is 11.8. The predicted molar refractivity (Wildman–Crippen MR) is 71.8 cm³/mol. The number of amides is 1. The number of aliphatic carboxylic acids is 1. The molecule has 104 valence electrons. The lowest BCUT2D eigenvalue weighted by Gasteiger charge is -2.24. The van der Waals surface area contributed by atoms with Crippen molar-refractivity contribution < 1.29 is 19.4 Å². The van der Waals surface area contributed by atoms with Crippen molar-refractivity contribution in [2.45, 2.75) is 19.4 Å². The van der Waals surface area contributed by atoms with Gasteiger partial charge in [0.05, 0.1) is 12.7 Å². The molecule has 1 amide bonds. The molecule has 0 saturated carbocycles. The van der Waals surface area contributed by atoms with E-state index in [1.165, 1.54) is 31.2 Å². The molecule has 6 heteroatoms. The number of hydrogen-bond acceptors (Lipinski definition) is 3. The third-order valence-corrected chi connectivity index (χ3v) is 3.09. The first-order valence-corrected chi connectivity index (χ1v) is 6.13. The molecule has 0 saturated heterocycles. The van der Waals surface area contributed by atoms with Crippen molar-refractivity contribution in [3.05, 3.63) is 28.8 Å². The third kappa shape index (κ3) is 3.38. The van der Waals surface area contributed by atoms with Gasteiger partial charge in [-0.25, -0.2) is 4.79 Å². The van der Waals surface area contributed by atoms with Crippen LogP contribution < -0.4 is 4.74 Å². The number of hydrogen-bond donors (Lipinski definition) is 1. The van der Waals surface area contributed by atoms with E-state index in [-0.39, 0.29) is 5.56 Å². The van der Waals surface area contributed by atoms with Gasteiger partial charge in [-0.15, -0.1) is 0 Å². The van der Waals surface area contributed by atoms with Crippen molar-refractivity contribution in [2.24, 2.45) is 0 Å².